The number of aryl methyl sites for hydroxylation is 1. The smallest absolute Gasteiger partial charge is 0.220 e. The van der Waals surface area contributed by atoms with Crippen molar-refractivity contribution in [2.45, 2.75) is 18.6 Å². The van der Waals surface area contributed by atoms with E-state index < -0.39 is 0 Å². The maximum absolute atomic E-state index is 11.9. The van der Waals surface area contributed by atoms with Crippen LogP contribution in [-0.2, 0) is 17.0 Å². The molecular formula is C18H23NO3S2. The summed E-state index contributed by atoms with van der Waals surface area (Å²) in [6.45, 7) is 0.705. The highest BCUT2D eigenvalue weighted by Gasteiger charge is 2.06. The summed E-state index contributed by atoms with van der Waals surface area (Å²) in [4.78, 5) is 13.3. The van der Waals surface area contributed by atoms with Gasteiger partial charge in [0.1, 0.15) is 11.5 Å². The average molecular weight is 366 g/mol. The minimum Gasteiger partial charge on any atom is -0.497 e. The van der Waals surface area contributed by atoms with Gasteiger partial charge < -0.3 is 14.8 Å². The van der Waals surface area contributed by atoms with Crippen molar-refractivity contribution in [2.75, 3.05) is 26.5 Å². The molecule has 0 aliphatic rings. The van der Waals surface area contributed by atoms with Crippen LogP contribution in [0.4, 0.5) is 0 Å². The molecule has 0 atom stereocenters. The number of ether oxygens (including phenoxy) is 2. The lowest BCUT2D eigenvalue weighted by molar-refractivity contribution is -0.120. The van der Waals surface area contributed by atoms with Gasteiger partial charge in [-0.1, -0.05) is 6.07 Å². The molecule has 0 saturated heterocycles. The van der Waals surface area contributed by atoms with Crippen LogP contribution in [0, 0.1) is 0 Å². The van der Waals surface area contributed by atoms with Gasteiger partial charge in [-0.05, 0) is 35.6 Å². The second-order valence-corrected chi connectivity index (χ2v) is 7.34. The van der Waals surface area contributed by atoms with Crippen molar-refractivity contribution in [3.05, 3.63) is 46.2 Å². The van der Waals surface area contributed by atoms with Gasteiger partial charge in [-0.2, -0.15) is 11.8 Å². The largest absolute Gasteiger partial charge is 0.497 e. The molecule has 0 saturated carbocycles. The van der Waals surface area contributed by atoms with Crippen molar-refractivity contribution in [3.63, 3.8) is 0 Å². The number of hydrogen-bond acceptors (Lipinski definition) is 5. The van der Waals surface area contributed by atoms with Crippen molar-refractivity contribution in [1.29, 1.82) is 0 Å². The highest BCUT2D eigenvalue weighted by molar-refractivity contribution is 7.98. The molecule has 0 unspecified atom stereocenters. The van der Waals surface area contributed by atoms with E-state index in [9.17, 15) is 4.79 Å². The van der Waals surface area contributed by atoms with Crippen molar-refractivity contribution in [2.24, 2.45) is 0 Å². The number of carbonyl (C=O) groups excluding carboxylic acids is 1. The first-order valence-electron chi connectivity index (χ1n) is 7.80. The Morgan fingerprint density at radius 2 is 1.96 bits per heavy atom. The van der Waals surface area contributed by atoms with E-state index >= 15 is 0 Å². The second-order valence-electron chi connectivity index (χ2n) is 5.20. The molecule has 24 heavy (non-hydrogen) atoms. The Labute approximate surface area is 151 Å². The molecule has 0 fully saturated rings. The van der Waals surface area contributed by atoms with E-state index in [1.807, 2.05) is 30.0 Å². The first-order chi connectivity index (χ1) is 11.7. The predicted octanol–water partition coefficient (Wildman–Crippen LogP) is 3.75. The number of hydrogen-bond donors (Lipinski definition) is 1. The molecule has 1 N–H and O–H groups in total. The van der Waals surface area contributed by atoms with Crippen molar-refractivity contribution >= 4 is 29.0 Å². The van der Waals surface area contributed by atoms with Gasteiger partial charge in [-0.3, -0.25) is 4.79 Å². The van der Waals surface area contributed by atoms with Gasteiger partial charge in [0.2, 0.25) is 5.91 Å². The van der Waals surface area contributed by atoms with E-state index in [0.29, 0.717) is 19.4 Å². The van der Waals surface area contributed by atoms with Crippen LogP contribution in [0.25, 0.3) is 0 Å². The third kappa shape index (κ3) is 6.45. The van der Waals surface area contributed by atoms with Crippen LogP contribution in [0.1, 0.15) is 16.9 Å². The number of nitrogens with one attached hydrogen (secondary N) is 1. The van der Waals surface area contributed by atoms with Crippen LogP contribution < -0.4 is 14.8 Å². The van der Waals surface area contributed by atoms with Crippen molar-refractivity contribution in [1.82, 2.24) is 5.32 Å². The van der Waals surface area contributed by atoms with Crippen LogP contribution in [0.2, 0.25) is 0 Å². The zero-order chi connectivity index (χ0) is 17.2. The summed E-state index contributed by atoms with van der Waals surface area (Å²) in [6.07, 6.45) is 1.13. The topological polar surface area (TPSA) is 47.6 Å². The first-order valence-corrected chi connectivity index (χ1v) is 9.83. The molecule has 1 aromatic heterocycles. The number of benzene rings is 1. The van der Waals surface area contributed by atoms with Gasteiger partial charge in [0.25, 0.3) is 0 Å². The highest BCUT2D eigenvalue weighted by atomic mass is 32.2. The van der Waals surface area contributed by atoms with Gasteiger partial charge in [-0.25, -0.2) is 0 Å². The maximum Gasteiger partial charge on any atom is 0.220 e. The molecule has 1 aromatic carbocycles. The number of thiophene rings is 1. The van der Waals surface area contributed by atoms with Crippen LogP contribution in [0.3, 0.4) is 0 Å². The molecule has 2 aromatic rings. The number of thioether (sulfide) groups is 1. The lowest BCUT2D eigenvalue weighted by Crippen LogP contribution is -2.25. The summed E-state index contributed by atoms with van der Waals surface area (Å²) >= 11 is 3.61. The Balaban J connectivity index is 1.65. The molecular weight excluding hydrogens is 342 g/mol. The van der Waals surface area contributed by atoms with E-state index in [2.05, 4.69) is 22.8 Å². The van der Waals surface area contributed by atoms with E-state index in [1.54, 1.807) is 25.6 Å². The van der Waals surface area contributed by atoms with E-state index in [1.165, 1.54) is 4.88 Å². The first kappa shape index (κ1) is 18.7. The van der Waals surface area contributed by atoms with Crippen molar-refractivity contribution in [3.8, 4) is 11.5 Å². The Morgan fingerprint density at radius 3 is 2.58 bits per heavy atom. The van der Waals surface area contributed by atoms with Gasteiger partial charge >= 0.3 is 0 Å². The lowest BCUT2D eigenvalue weighted by atomic mass is 10.1. The Kier molecular flexibility index (Phi) is 7.98. The number of rotatable bonds is 10. The zero-order valence-corrected chi connectivity index (χ0v) is 15.7. The van der Waals surface area contributed by atoms with E-state index in [0.717, 1.165) is 28.6 Å². The standard InChI is InChI=1S/C18H23NO3S2/c1-21-15-10-14(11-16(12-15)22-2)5-6-18(20)19-7-9-23-13-17-4-3-8-24-17/h3-4,8,10-12H,5-7,9,13H2,1-2H3,(H,19,20). The third-order valence-corrected chi connectivity index (χ3v) is 5.51. The van der Waals surface area contributed by atoms with Gasteiger partial charge in [0.05, 0.1) is 14.2 Å². The SMILES string of the molecule is COc1cc(CCC(=O)NCCSCc2cccs2)cc(OC)c1. The monoisotopic (exact) mass is 365 g/mol. The van der Waals surface area contributed by atoms with E-state index in [-0.39, 0.29) is 5.91 Å². The fourth-order valence-electron chi connectivity index (χ4n) is 2.19. The molecule has 130 valence electrons. The van der Waals surface area contributed by atoms with E-state index in [4.69, 9.17) is 9.47 Å². The molecule has 0 aliphatic carbocycles. The Bertz CT molecular complexity index is 607. The summed E-state index contributed by atoms with van der Waals surface area (Å²) in [5.41, 5.74) is 1.04. The maximum atomic E-state index is 11.9. The molecule has 6 heteroatoms. The molecule has 0 aliphatic heterocycles. The quantitative estimate of drug-likeness (QED) is 0.652. The average Bonchev–Trinajstić information content (AvgIpc) is 3.12. The Morgan fingerprint density at radius 1 is 1.21 bits per heavy atom. The molecule has 2 rings (SSSR count). The van der Waals surface area contributed by atoms with Crippen LogP contribution in [0.15, 0.2) is 35.7 Å². The molecule has 0 radical (unpaired) electrons. The molecule has 0 spiro atoms. The number of carbonyl (C=O) groups is 1. The normalized spacial score (nSPS) is 10.4. The highest BCUT2D eigenvalue weighted by Crippen LogP contribution is 2.23. The van der Waals surface area contributed by atoms with Crippen molar-refractivity contribution < 1.29 is 14.3 Å². The molecule has 0 bridgehead atoms. The number of methoxy groups -OCH3 is 2. The minimum atomic E-state index is 0.0773. The minimum absolute atomic E-state index is 0.0773. The summed E-state index contributed by atoms with van der Waals surface area (Å²) in [7, 11) is 3.25. The second kappa shape index (κ2) is 10.3. The zero-order valence-electron chi connectivity index (χ0n) is 14.0. The van der Waals surface area contributed by atoms with Crippen LogP contribution in [0.5, 0.6) is 11.5 Å². The third-order valence-electron chi connectivity index (χ3n) is 3.44. The van der Waals surface area contributed by atoms with Gasteiger partial charge in [-0.15, -0.1) is 11.3 Å². The van der Waals surface area contributed by atoms with Gasteiger partial charge in [0.15, 0.2) is 0 Å². The van der Waals surface area contributed by atoms with Crippen LogP contribution >= 0.6 is 23.1 Å². The summed E-state index contributed by atoms with van der Waals surface area (Å²) in [5, 5.41) is 5.06. The molecule has 1 amide bonds. The fraction of sp³-hybridized carbons (Fsp3) is 0.389. The lowest BCUT2D eigenvalue weighted by Gasteiger charge is -2.09. The predicted molar refractivity (Wildman–Crippen MR) is 101 cm³/mol. The van der Waals surface area contributed by atoms with Gasteiger partial charge in [0, 0.05) is 35.4 Å². The number of amides is 1. The van der Waals surface area contributed by atoms with Crippen LogP contribution in [-0.4, -0.2) is 32.4 Å². The summed E-state index contributed by atoms with van der Waals surface area (Å²) in [6, 6.07) is 9.91. The Hall–Kier alpha value is -1.66. The fourth-order valence-corrected chi connectivity index (χ4v) is 3.89. The molecule has 4 nitrogen and oxygen atoms in total. The molecule has 1 heterocycles. The summed E-state index contributed by atoms with van der Waals surface area (Å²) < 4.78 is 10.5. The summed E-state index contributed by atoms with van der Waals surface area (Å²) in [5.74, 6) is 3.51.